The number of halogens is 2. The van der Waals surface area contributed by atoms with E-state index in [0.29, 0.717) is 30.2 Å². The third-order valence-electron chi connectivity index (χ3n) is 6.22. The molecule has 214 valence electrons. The van der Waals surface area contributed by atoms with Gasteiger partial charge in [0.05, 0.1) is 33.1 Å². The van der Waals surface area contributed by atoms with Crippen molar-refractivity contribution in [3.05, 3.63) is 116 Å². The molecule has 0 aromatic heterocycles. The van der Waals surface area contributed by atoms with Crippen molar-refractivity contribution in [3.8, 4) is 11.5 Å². The van der Waals surface area contributed by atoms with Gasteiger partial charge >= 0.3 is 0 Å². The lowest BCUT2D eigenvalue weighted by atomic mass is 10.1. The Labute approximate surface area is 257 Å². The Morgan fingerprint density at radius 2 is 1.54 bits per heavy atom. The van der Waals surface area contributed by atoms with Crippen molar-refractivity contribution in [2.24, 2.45) is 0 Å². The second kappa shape index (κ2) is 14.0. The van der Waals surface area contributed by atoms with Crippen molar-refractivity contribution in [2.75, 3.05) is 18.4 Å². The van der Waals surface area contributed by atoms with Crippen LogP contribution in [0.1, 0.15) is 22.3 Å². The number of amides is 1. The number of nitrogens with one attached hydrogen (secondary N) is 2. The molecule has 0 heterocycles. The Morgan fingerprint density at radius 3 is 2.20 bits per heavy atom. The molecule has 0 radical (unpaired) electrons. The van der Waals surface area contributed by atoms with E-state index in [1.54, 1.807) is 43.5 Å². The Balaban J connectivity index is 1.45. The first-order valence-electron chi connectivity index (χ1n) is 12.8. The topological polar surface area (TPSA) is 93.7 Å². The van der Waals surface area contributed by atoms with E-state index in [4.69, 9.17) is 9.47 Å². The quantitative estimate of drug-likeness (QED) is 0.169. The van der Waals surface area contributed by atoms with Crippen LogP contribution in [0.25, 0.3) is 0 Å². The maximum absolute atomic E-state index is 13.1. The third kappa shape index (κ3) is 8.58. The molecule has 10 heteroatoms. The van der Waals surface area contributed by atoms with Crippen molar-refractivity contribution >= 4 is 53.5 Å². The number of hydrogen-bond acceptors (Lipinski definition) is 5. The van der Waals surface area contributed by atoms with E-state index in [1.807, 2.05) is 55.5 Å². The molecule has 4 rings (SSSR count). The van der Waals surface area contributed by atoms with Crippen LogP contribution in [0.2, 0.25) is 0 Å². The van der Waals surface area contributed by atoms with Crippen LogP contribution < -0.4 is 19.5 Å². The number of methoxy groups -OCH3 is 1. The Kier molecular flexibility index (Phi) is 10.5. The minimum atomic E-state index is -3.82. The second-order valence-corrected chi connectivity index (χ2v) is 12.8. The zero-order valence-corrected chi connectivity index (χ0v) is 26.6. The molecule has 2 N–H and O–H groups in total. The van der Waals surface area contributed by atoms with Crippen LogP contribution in [-0.4, -0.2) is 28.0 Å². The number of carbonyl (C=O) groups excluding carboxylic acids is 1. The first-order chi connectivity index (χ1) is 19.6. The molecular formula is C31H30Br2N2O5S. The number of benzene rings is 4. The van der Waals surface area contributed by atoms with Crippen LogP contribution in [-0.2, 0) is 34.3 Å². The maximum Gasteiger partial charge on any atom is 0.262 e. The van der Waals surface area contributed by atoms with Crippen LogP contribution in [0.3, 0.4) is 0 Å². The molecule has 1 amide bonds. The highest BCUT2D eigenvalue weighted by molar-refractivity contribution is 9.11. The first-order valence-corrected chi connectivity index (χ1v) is 15.9. The summed E-state index contributed by atoms with van der Waals surface area (Å²) in [7, 11) is -2.23. The summed E-state index contributed by atoms with van der Waals surface area (Å²) in [6, 6.07) is 25.3. The predicted molar refractivity (Wildman–Crippen MR) is 168 cm³/mol. The van der Waals surface area contributed by atoms with Crippen LogP contribution in [0.15, 0.2) is 98.8 Å². The molecule has 0 atom stereocenters. The fourth-order valence-electron chi connectivity index (χ4n) is 4.09. The fraction of sp³-hybridized carbons (Fsp3) is 0.194. The van der Waals surface area contributed by atoms with Crippen LogP contribution >= 0.6 is 31.9 Å². The average molecular weight is 702 g/mol. The van der Waals surface area contributed by atoms with Crippen LogP contribution in [0.5, 0.6) is 11.5 Å². The van der Waals surface area contributed by atoms with Gasteiger partial charge in [-0.15, -0.1) is 0 Å². The summed E-state index contributed by atoms with van der Waals surface area (Å²) in [5.41, 5.74) is 3.99. The normalized spacial score (nSPS) is 11.1. The lowest BCUT2D eigenvalue weighted by molar-refractivity contribution is -0.120. The first kappa shape index (κ1) is 30.6. The molecule has 4 aromatic carbocycles. The molecule has 0 aliphatic carbocycles. The number of rotatable bonds is 12. The smallest absolute Gasteiger partial charge is 0.262 e. The monoisotopic (exact) mass is 700 g/mol. The Morgan fingerprint density at radius 1 is 0.854 bits per heavy atom. The van der Waals surface area contributed by atoms with E-state index in [2.05, 4.69) is 41.9 Å². The number of sulfonamides is 1. The highest BCUT2D eigenvalue weighted by Gasteiger charge is 2.17. The van der Waals surface area contributed by atoms with Crippen LogP contribution in [0.4, 0.5) is 5.69 Å². The summed E-state index contributed by atoms with van der Waals surface area (Å²) < 4.78 is 41.7. The van der Waals surface area contributed by atoms with Crippen LogP contribution in [0, 0.1) is 6.92 Å². The van der Waals surface area contributed by atoms with E-state index < -0.39 is 10.0 Å². The van der Waals surface area contributed by atoms with Gasteiger partial charge in [-0.1, -0.05) is 54.1 Å². The van der Waals surface area contributed by atoms with Gasteiger partial charge < -0.3 is 14.8 Å². The summed E-state index contributed by atoms with van der Waals surface area (Å²) in [6.07, 6.45) is 0.751. The summed E-state index contributed by atoms with van der Waals surface area (Å²) in [6.45, 7) is 2.58. The molecule has 0 unspecified atom stereocenters. The molecule has 0 saturated heterocycles. The zero-order valence-electron chi connectivity index (χ0n) is 22.6. The van der Waals surface area contributed by atoms with E-state index in [0.717, 1.165) is 31.2 Å². The standard InChI is InChI=1S/C31H30Br2N2O5S/c1-21-8-11-25(12-9-21)41(37,38)35-28-13-10-22(18-29(28)40-20-23-6-4-3-5-7-23)14-15-34-30(36)19-24-16-26(32)31(39-2)27(33)17-24/h3-13,16-18,35H,14-15,19-20H2,1-2H3,(H,34,36). The summed E-state index contributed by atoms with van der Waals surface area (Å²) in [5, 5.41) is 2.95. The van der Waals surface area contributed by atoms with E-state index in [1.165, 1.54) is 0 Å². The lowest BCUT2D eigenvalue weighted by Crippen LogP contribution is -2.27. The molecule has 41 heavy (non-hydrogen) atoms. The van der Waals surface area contributed by atoms with Gasteiger partial charge in [0, 0.05) is 6.54 Å². The molecular weight excluding hydrogens is 672 g/mol. The van der Waals surface area contributed by atoms with E-state index in [9.17, 15) is 13.2 Å². The summed E-state index contributed by atoms with van der Waals surface area (Å²) in [5.74, 6) is 0.961. The van der Waals surface area contributed by atoms with Gasteiger partial charge in [0.25, 0.3) is 10.0 Å². The van der Waals surface area contributed by atoms with E-state index in [-0.39, 0.29) is 23.8 Å². The molecule has 0 spiro atoms. The number of carbonyl (C=O) groups is 1. The number of hydrogen-bond donors (Lipinski definition) is 2. The largest absolute Gasteiger partial charge is 0.494 e. The van der Waals surface area contributed by atoms with Crippen molar-refractivity contribution in [1.29, 1.82) is 0 Å². The highest BCUT2D eigenvalue weighted by Crippen LogP contribution is 2.34. The highest BCUT2D eigenvalue weighted by atomic mass is 79.9. The van der Waals surface area contributed by atoms with Crippen molar-refractivity contribution < 1.29 is 22.7 Å². The molecule has 0 aliphatic heterocycles. The zero-order chi connectivity index (χ0) is 29.4. The molecule has 7 nitrogen and oxygen atoms in total. The van der Waals surface area contributed by atoms with Gasteiger partial charge in [-0.25, -0.2) is 8.42 Å². The molecule has 0 fully saturated rings. The minimum Gasteiger partial charge on any atom is -0.494 e. The summed E-state index contributed by atoms with van der Waals surface area (Å²) in [4.78, 5) is 12.8. The predicted octanol–water partition coefficient (Wildman–Crippen LogP) is 6.81. The van der Waals surface area contributed by atoms with Crippen molar-refractivity contribution in [1.82, 2.24) is 5.32 Å². The number of aryl methyl sites for hydroxylation is 1. The van der Waals surface area contributed by atoms with Gasteiger partial charge in [-0.2, -0.15) is 0 Å². The Hall–Kier alpha value is -3.34. The molecule has 4 aromatic rings. The van der Waals surface area contributed by atoms with E-state index >= 15 is 0 Å². The Bertz CT molecular complexity index is 1590. The second-order valence-electron chi connectivity index (χ2n) is 9.39. The van der Waals surface area contributed by atoms with Crippen molar-refractivity contribution in [3.63, 3.8) is 0 Å². The number of ether oxygens (including phenoxy) is 2. The van der Waals surface area contributed by atoms with Gasteiger partial charge in [0.15, 0.2) is 0 Å². The van der Waals surface area contributed by atoms with Gasteiger partial charge in [-0.05, 0) is 98.3 Å². The van der Waals surface area contributed by atoms with Gasteiger partial charge in [0.1, 0.15) is 18.1 Å². The average Bonchev–Trinajstić information content (AvgIpc) is 2.93. The van der Waals surface area contributed by atoms with Gasteiger partial charge in [-0.3, -0.25) is 9.52 Å². The lowest BCUT2D eigenvalue weighted by Gasteiger charge is -2.16. The molecule has 0 bridgehead atoms. The minimum absolute atomic E-state index is 0.114. The SMILES string of the molecule is COc1c(Br)cc(CC(=O)NCCc2ccc(NS(=O)(=O)c3ccc(C)cc3)c(OCc3ccccc3)c2)cc1Br. The third-order valence-corrected chi connectivity index (χ3v) is 8.78. The maximum atomic E-state index is 13.1. The summed E-state index contributed by atoms with van der Waals surface area (Å²) >= 11 is 6.93. The number of anilines is 1. The molecule has 0 aliphatic rings. The van der Waals surface area contributed by atoms with Crippen molar-refractivity contribution in [2.45, 2.75) is 31.3 Å². The molecule has 0 saturated carbocycles. The van der Waals surface area contributed by atoms with Gasteiger partial charge in [0.2, 0.25) is 5.91 Å². The fourth-order valence-corrected chi connectivity index (χ4v) is 6.76.